The lowest BCUT2D eigenvalue weighted by atomic mass is 10.1. The molecule has 3 amide bonds. The van der Waals surface area contributed by atoms with Crippen LogP contribution in [0.25, 0.3) is 27.7 Å². The maximum atomic E-state index is 15.5. The largest absolute Gasteiger partial charge is 0.364 e. The fraction of sp³-hybridized carbons (Fsp3) is 0.185. The highest BCUT2D eigenvalue weighted by Crippen LogP contribution is 2.29. The molecule has 0 saturated carbocycles. The normalized spacial score (nSPS) is 17.0. The number of likely N-dealkylation sites (tertiary alicyclic amines) is 1. The second kappa shape index (κ2) is 9.84. The van der Waals surface area contributed by atoms with Gasteiger partial charge in [0.25, 0.3) is 5.91 Å². The monoisotopic (exact) mass is 544 g/mol. The summed E-state index contributed by atoms with van der Waals surface area (Å²) in [5.74, 6) is -2.78. The van der Waals surface area contributed by atoms with E-state index < -0.39 is 35.8 Å². The highest BCUT2D eigenvalue weighted by atomic mass is 19.1. The molecule has 1 unspecified atom stereocenters. The van der Waals surface area contributed by atoms with Crippen LogP contribution in [-0.2, 0) is 16.1 Å². The lowest BCUT2D eigenvalue weighted by Crippen LogP contribution is -2.44. The number of alkyl halides is 1. The van der Waals surface area contributed by atoms with Crippen molar-refractivity contribution >= 4 is 40.0 Å². The Kier molecular flexibility index (Phi) is 6.17. The van der Waals surface area contributed by atoms with Gasteiger partial charge < -0.3 is 16.0 Å². The minimum atomic E-state index is -1.45. The summed E-state index contributed by atoms with van der Waals surface area (Å²) in [6, 6.07) is 11.8. The number of carbonyl (C=O) groups is 3. The Hall–Kier alpha value is -5.20. The number of nitrogens with one attached hydrogen (secondary N) is 1. The van der Waals surface area contributed by atoms with Crippen molar-refractivity contribution in [2.75, 3.05) is 11.9 Å². The molecule has 0 radical (unpaired) electrons. The minimum absolute atomic E-state index is 0.000235. The van der Waals surface area contributed by atoms with Crippen molar-refractivity contribution in [2.45, 2.75) is 25.2 Å². The van der Waals surface area contributed by atoms with E-state index in [-0.39, 0.29) is 36.5 Å². The number of hydrogen-bond acceptors (Lipinski definition) is 6. The van der Waals surface area contributed by atoms with Crippen LogP contribution in [0.4, 0.5) is 14.5 Å². The number of para-hydroxylation sites is 1. The van der Waals surface area contributed by atoms with Gasteiger partial charge in [-0.05, 0) is 12.1 Å². The van der Waals surface area contributed by atoms with Gasteiger partial charge in [-0.1, -0.05) is 30.3 Å². The maximum absolute atomic E-state index is 15.5. The van der Waals surface area contributed by atoms with Crippen LogP contribution in [0.2, 0.25) is 0 Å². The molecule has 2 aromatic carbocycles. The molecule has 3 N–H and O–H groups in total. The van der Waals surface area contributed by atoms with Gasteiger partial charge in [0, 0.05) is 41.4 Å². The highest BCUT2D eigenvalue weighted by molar-refractivity contribution is 6.04. The van der Waals surface area contributed by atoms with E-state index in [0.29, 0.717) is 22.1 Å². The van der Waals surface area contributed by atoms with Crippen LogP contribution in [0.3, 0.4) is 0 Å². The van der Waals surface area contributed by atoms with Crippen molar-refractivity contribution in [1.82, 2.24) is 29.3 Å². The number of primary amides is 1. The zero-order valence-corrected chi connectivity index (χ0v) is 20.9. The van der Waals surface area contributed by atoms with Crippen LogP contribution in [0.5, 0.6) is 0 Å². The number of halogens is 2. The SMILES string of the molecule is NC(=O)c1nn(CC(=O)N2C[C@H](F)CC2C(=O)Nc2cccc(-c3cnc4ccnn4c3)c2F)c2ccccc12. The Labute approximate surface area is 225 Å². The van der Waals surface area contributed by atoms with Gasteiger partial charge in [0.2, 0.25) is 11.8 Å². The number of anilines is 1. The van der Waals surface area contributed by atoms with Gasteiger partial charge in [-0.15, -0.1) is 0 Å². The first-order valence-corrected chi connectivity index (χ1v) is 12.4. The highest BCUT2D eigenvalue weighted by Gasteiger charge is 2.40. The third-order valence-electron chi connectivity index (χ3n) is 6.86. The molecule has 1 fully saturated rings. The molecule has 0 aliphatic carbocycles. The van der Waals surface area contributed by atoms with Crippen molar-refractivity contribution in [3.8, 4) is 11.1 Å². The molecule has 2 atom stereocenters. The first-order valence-electron chi connectivity index (χ1n) is 12.4. The predicted octanol–water partition coefficient (Wildman–Crippen LogP) is 2.56. The number of amides is 3. The van der Waals surface area contributed by atoms with E-state index in [4.69, 9.17) is 5.73 Å². The molecule has 4 heterocycles. The Balaban J connectivity index is 1.23. The topological polar surface area (TPSA) is 141 Å². The molecule has 6 rings (SSSR count). The fourth-order valence-electron chi connectivity index (χ4n) is 4.97. The molecule has 5 aromatic rings. The Morgan fingerprint density at radius 1 is 1.10 bits per heavy atom. The van der Waals surface area contributed by atoms with Crippen molar-refractivity contribution < 1.29 is 23.2 Å². The summed E-state index contributed by atoms with van der Waals surface area (Å²) in [6.07, 6.45) is 2.98. The lowest BCUT2D eigenvalue weighted by Gasteiger charge is -2.24. The van der Waals surface area contributed by atoms with Crippen molar-refractivity contribution in [3.05, 3.63) is 78.6 Å². The van der Waals surface area contributed by atoms with Crippen LogP contribution >= 0.6 is 0 Å². The summed E-state index contributed by atoms with van der Waals surface area (Å²) in [5.41, 5.74) is 7.01. The Morgan fingerprint density at radius 3 is 2.75 bits per heavy atom. The number of hydrogen-bond donors (Lipinski definition) is 2. The minimum Gasteiger partial charge on any atom is -0.364 e. The average molecular weight is 545 g/mol. The van der Waals surface area contributed by atoms with Crippen LogP contribution in [0.15, 0.2) is 67.1 Å². The summed E-state index contributed by atoms with van der Waals surface area (Å²) < 4.78 is 32.8. The van der Waals surface area contributed by atoms with E-state index in [1.807, 2.05) is 0 Å². The van der Waals surface area contributed by atoms with E-state index in [2.05, 4.69) is 20.5 Å². The number of rotatable bonds is 6. The molecule has 1 aliphatic heterocycles. The Bertz CT molecular complexity index is 1800. The van der Waals surface area contributed by atoms with Gasteiger partial charge in [-0.2, -0.15) is 10.2 Å². The van der Waals surface area contributed by atoms with Gasteiger partial charge in [0.15, 0.2) is 17.2 Å². The van der Waals surface area contributed by atoms with Crippen LogP contribution in [0, 0.1) is 5.82 Å². The van der Waals surface area contributed by atoms with Gasteiger partial charge in [0.05, 0.1) is 23.9 Å². The number of carbonyl (C=O) groups excluding carboxylic acids is 3. The zero-order valence-electron chi connectivity index (χ0n) is 20.9. The average Bonchev–Trinajstić information content (AvgIpc) is 3.66. The van der Waals surface area contributed by atoms with Crippen molar-refractivity contribution in [3.63, 3.8) is 0 Å². The first kappa shape index (κ1) is 25.1. The standard InChI is InChI=1S/C27H22F2N8O3/c28-16-10-21(35(13-16)23(38)14-36-20-7-2-1-4-18(20)25(34-36)26(30)39)27(40)33-19-6-3-5-17(24(19)29)15-11-31-22-8-9-32-37(22)12-15/h1-9,11-12,16,21H,10,13-14H2,(H2,30,39)(H,33,40)/t16-,21?/m1/s1. The maximum Gasteiger partial charge on any atom is 0.269 e. The molecule has 3 aromatic heterocycles. The fourth-order valence-corrected chi connectivity index (χ4v) is 4.97. The molecule has 1 saturated heterocycles. The molecule has 13 heteroatoms. The van der Waals surface area contributed by atoms with E-state index in [1.165, 1.54) is 27.5 Å². The molecule has 202 valence electrons. The third-order valence-corrected chi connectivity index (χ3v) is 6.86. The van der Waals surface area contributed by atoms with Crippen LogP contribution < -0.4 is 11.1 Å². The van der Waals surface area contributed by atoms with E-state index in [1.54, 1.807) is 48.8 Å². The molecule has 1 aliphatic rings. The van der Waals surface area contributed by atoms with Gasteiger partial charge >= 0.3 is 0 Å². The molecular formula is C27H22F2N8O3. The summed E-state index contributed by atoms with van der Waals surface area (Å²) in [5, 5.41) is 11.3. The summed E-state index contributed by atoms with van der Waals surface area (Å²) >= 11 is 0. The van der Waals surface area contributed by atoms with Gasteiger partial charge in [0.1, 0.15) is 18.8 Å². The molecule has 40 heavy (non-hydrogen) atoms. The summed E-state index contributed by atoms with van der Waals surface area (Å²) in [6.45, 7) is -0.659. The van der Waals surface area contributed by atoms with E-state index in [9.17, 15) is 18.8 Å². The predicted molar refractivity (Wildman–Crippen MR) is 140 cm³/mol. The summed E-state index contributed by atoms with van der Waals surface area (Å²) in [4.78, 5) is 43.7. The number of nitrogens with two attached hydrogens (primary N) is 1. The molecule has 0 spiro atoms. The first-order chi connectivity index (χ1) is 19.3. The molecule has 0 bridgehead atoms. The second-order valence-corrected chi connectivity index (χ2v) is 9.42. The number of nitrogens with zero attached hydrogens (tertiary/aromatic N) is 6. The van der Waals surface area contributed by atoms with Crippen molar-refractivity contribution in [2.24, 2.45) is 5.73 Å². The lowest BCUT2D eigenvalue weighted by molar-refractivity contribution is -0.137. The van der Waals surface area contributed by atoms with Crippen LogP contribution in [0.1, 0.15) is 16.9 Å². The third kappa shape index (κ3) is 4.40. The smallest absolute Gasteiger partial charge is 0.269 e. The van der Waals surface area contributed by atoms with Crippen LogP contribution in [-0.4, -0.2) is 65.8 Å². The van der Waals surface area contributed by atoms with Gasteiger partial charge in [-0.25, -0.2) is 18.3 Å². The van der Waals surface area contributed by atoms with Crippen molar-refractivity contribution in [1.29, 1.82) is 0 Å². The Morgan fingerprint density at radius 2 is 1.93 bits per heavy atom. The number of aromatic nitrogens is 5. The van der Waals surface area contributed by atoms with Gasteiger partial charge in [-0.3, -0.25) is 19.1 Å². The molecular weight excluding hydrogens is 522 g/mol. The van der Waals surface area contributed by atoms with E-state index in [0.717, 1.165) is 4.90 Å². The number of fused-ring (bicyclic) bond motifs is 2. The van der Waals surface area contributed by atoms with E-state index >= 15 is 4.39 Å². The second-order valence-electron chi connectivity index (χ2n) is 9.42. The quantitative estimate of drug-likeness (QED) is 0.337. The number of benzene rings is 2. The molecule has 11 nitrogen and oxygen atoms in total. The zero-order chi connectivity index (χ0) is 28.0. The summed E-state index contributed by atoms with van der Waals surface area (Å²) in [7, 11) is 0.